The monoisotopic (exact) mass is 212 g/mol. The Morgan fingerprint density at radius 2 is 2.07 bits per heavy atom. The highest BCUT2D eigenvalue weighted by Crippen LogP contribution is 2.35. The van der Waals surface area contributed by atoms with Crippen molar-refractivity contribution in [1.29, 1.82) is 0 Å². The third-order valence-electron chi connectivity index (χ3n) is 3.52. The molecule has 0 heterocycles. The summed E-state index contributed by atoms with van der Waals surface area (Å²) in [5, 5.41) is 0. The number of carbonyl (C=O) groups excluding carboxylic acids is 1. The molecule has 0 N–H and O–H groups in total. The van der Waals surface area contributed by atoms with E-state index in [9.17, 15) is 4.79 Å². The van der Waals surface area contributed by atoms with Gasteiger partial charge in [0.1, 0.15) is 6.10 Å². The van der Waals surface area contributed by atoms with E-state index in [-0.39, 0.29) is 12.1 Å². The van der Waals surface area contributed by atoms with Gasteiger partial charge in [-0.1, -0.05) is 27.7 Å². The van der Waals surface area contributed by atoms with Gasteiger partial charge in [-0.3, -0.25) is 4.79 Å². The molecule has 2 heteroatoms. The minimum Gasteiger partial charge on any atom is -0.462 e. The summed E-state index contributed by atoms with van der Waals surface area (Å²) in [6, 6.07) is 0. The van der Waals surface area contributed by atoms with Crippen molar-refractivity contribution in [3.05, 3.63) is 0 Å². The highest BCUT2D eigenvalue weighted by Gasteiger charge is 2.32. The molecule has 0 spiro atoms. The summed E-state index contributed by atoms with van der Waals surface area (Å²) in [5.74, 6) is 1.92. The van der Waals surface area contributed by atoms with E-state index in [2.05, 4.69) is 20.8 Å². The predicted octanol–water partition coefficient (Wildman–Crippen LogP) is 3.40. The second kappa shape index (κ2) is 5.53. The van der Waals surface area contributed by atoms with Crippen molar-refractivity contribution in [3.8, 4) is 0 Å². The lowest BCUT2D eigenvalue weighted by molar-refractivity contribution is -0.155. The van der Waals surface area contributed by atoms with Crippen LogP contribution in [0.3, 0.4) is 0 Å². The first kappa shape index (κ1) is 12.5. The Morgan fingerprint density at radius 3 is 2.60 bits per heavy atom. The van der Waals surface area contributed by atoms with Gasteiger partial charge in [0.15, 0.2) is 0 Å². The highest BCUT2D eigenvalue weighted by molar-refractivity contribution is 5.69. The summed E-state index contributed by atoms with van der Waals surface area (Å²) in [7, 11) is 0. The first-order valence-corrected chi connectivity index (χ1v) is 6.24. The minimum absolute atomic E-state index is 0.0415. The molecule has 3 atom stereocenters. The van der Waals surface area contributed by atoms with Gasteiger partial charge < -0.3 is 4.74 Å². The van der Waals surface area contributed by atoms with Crippen molar-refractivity contribution < 1.29 is 9.53 Å². The van der Waals surface area contributed by atoms with Gasteiger partial charge in [-0.15, -0.1) is 0 Å². The third kappa shape index (κ3) is 3.51. The van der Waals surface area contributed by atoms with E-state index < -0.39 is 0 Å². The van der Waals surface area contributed by atoms with Gasteiger partial charge in [-0.2, -0.15) is 0 Å². The summed E-state index contributed by atoms with van der Waals surface area (Å²) >= 11 is 0. The molecule has 0 aromatic rings. The van der Waals surface area contributed by atoms with Crippen LogP contribution >= 0.6 is 0 Å². The molecule has 0 aromatic carbocycles. The molecule has 0 amide bonds. The Balaban J connectivity index is 2.56. The van der Waals surface area contributed by atoms with Crippen LogP contribution in [0.15, 0.2) is 0 Å². The maximum atomic E-state index is 11.3. The zero-order valence-electron chi connectivity index (χ0n) is 10.5. The number of hydrogen-bond donors (Lipinski definition) is 0. The SMILES string of the molecule is CCC(=O)OC1CCC(C)CC1C(C)C. The van der Waals surface area contributed by atoms with Crippen LogP contribution in [0.1, 0.15) is 53.4 Å². The Kier molecular flexibility index (Phi) is 4.62. The van der Waals surface area contributed by atoms with Gasteiger partial charge in [0, 0.05) is 6.42 Å². The molecule has 1 fully saturated rings. The molecule has 1 aliphatic rings. The van der Waals surface area contributed by atoms with E-state index in [0.717, 1.165) is 12.3 Å². The lowest BCUT2D eigenvalue weighted by atomic mass is 9.75. The molecule has 0 bridgehead atoms. The number of hydrogen-bond acceptors (Lipinski definition) is 2. The van der Waals surface area contributed by atoms with Crippen LogP contribution in [-0.4, -0.2) is 12.1 Å². The van der Waals surface area contributed by atoms with Crippen molar-refractivity contribution in [2.24, 2.45) is 17.8 Å². The fraction of sp³-hybridized carbons (Fsp3) is 0.923. The maximum absolute atomic E-state index is 11.3. The standard InChI is InChI=1S/C13H24O2/c1-5-13(14)15-12-7-6-10(4)8-11(12)9(2)3/h9-12H,5-8H2,1-4H3. The largest absolute Gasteiger partial charge is 0.462 e. The molecule has 3 unspecified atom stereocenters. The van der Waals surface area contributed by atoms with Crippen molar-refractivity contribution in [1.82, 2.24) is 0 Å². The van der Waals surface area contributed by atoms with E-state index >= 15 is 0 Å². The van der Waals surface area contributed by atoms with Gasteiger partial charge in [0.2, 0.25) is 0 Å². The molecule has 15 heavy (non-hydrogen) atoms. The normalized spacial score (nSPS) is 31.7. The number of esters is 1. The molecule has 1 rings (SSSR count). The lowest BCUT2D eigenvalue weighted by Crippen LogP contribution is -2.35. The summed E-state index contributed by atoms with van der Waals surface area (Å²) < 4.78 is 5.52. The summed E-state index contributed by atoms with van der Waals surface area (Å²) in [6.45, 7) is 8.62. The Morgan fingerprint density at radius 1 is 1.40 bits per heavy atom. The highest BCUT2D eigenvalue weighted by atomic mass is 16.5. The van der Waals surface area contributed by atoms with Crippen LogP contribution in [0.25, 0.3) is 0 Å². The van der Waals surface area contributed by atoms with Gasteiger partial charge in [-0.25, -0.2) is 0 Å². The van der Waals surface area contributed by atoms with Crippen molar-refractivity contribution in [2.75, 3.05) is 0 Å². The van der Waals surface area contributed by atoms with Crippen LogP contribution in [0.2, 0.25) is 0 Å². The summed E-state index contributed by atoms with van der Waals surface area (Å²) in [5.41, 5.74) is 0. The van der Waals surface area contributed by atoms with Crippen molar-refractivity contribution in [3.63, 3.8) is 0 Å². The van der Waals surface area contributed by atoms with Crippen LogP contribution in [-0.2, 0) is 9.53 Å². The van der Waals surface area contributed by atoms with Crippen molar-refractivity contribution >= 4 is 5.97 Å². The second-order valence-electron chi connectivity index (χ2n) is 5.21. The lowest BCUT2D eigenvalue weighted by Gasteiger charge is -2.36. The molecular formula is C13H24O2. The Labute approximate surface area is 93.4 Å². The summed E-state index contributed by atoms with van der Waals surface area (Å²) in [6.07, 6.45) is 4.13. The van der Waals surface area contributed by atoms with E-state index in [1.807, 2.05) is 6.92 Å². The summed E-state index contributed by atoms with van der Waals surface area (Å²) in [4.78, 5) is 11.3. The number of rotatable bonds is 3. The molecule has 1 aliphatic carbocycles. The van der Waals surface area contributed by atoms with Crippen LogP contribution in [0, 0.1) is 17.8 Å². The average molecular weight is 212 g/mol. The Bertz CT molecular complexity index is 211. The fourth-order valence-corrected chi connectivity index (χ4v) is 2.50. The number of carbonyl (C=O) groups is 1. The zero-order chi connectivity index (χ0) is 11.4. The van der Waals surface area contributed by atoms with Crippen LogP contribution in [0.4, 0.5) is 0 Å². The molecule has 88 valence electrons. The second-order valence-corrected chi connectivity index (χ2v) is 5.21. The first-order chi connectivity index (χ1) is 7.04. The van der Waals surface area contributed by atoms with Gasteiger partial charge in [0.05, 0.1) is 0 Å². The molecule has 0 aliphatic heterocycles. The van der Waals surface area contributed by atoms with Gasteiger partial charge in [-0.05, 0) is 37.0 Å². The smallest absolute Gasteiger partial charge is 0.305 e. The topological polar surface area (TPSA) is 26.3 Å². The molecule has 2 nitrogen and oxygen atoms in total. The van der Waals surface area contributed by atoms with E-state index in [1.165, 1.54) is 12.8 Å². The molecule has 0 saturated heterocycles. The predicted molar refractivity (Wildman–Crippen MR) is 61.5 cm³/mol. The van der Waals surface area contributed by atoms with Gasteiger partial charge >= 0.3 is 5.97 Å². The molecular weight excluding hydrogens is 188 g/mol. The average Bonchev–Trinajstić information content (AvgIpc) is 2.20. The first-order valence-electron chi connectivity index (χ1n) is 6.24. The van der Waals surface area contributed by atoms with Gasteiger partial charge in [0.25, 0.3) is 0 Å². The fourth-order valence-electron chi connectivity index (χ4n) is 2.50. The van der Waals surface area contributed by atoms with E-state index in [4.69, 9.17) is 4.74 Å². The molecule has 1 saturated carbocycles. The minimum atomic E-state index is -0.0415. The van der Waals surface area contributed by atoms with Crippen molar-refractivity contribution in [2.45, 2.75) is 59.5 Å². The molecule has 0 aromatic heterocycles. The quantitative estimate of drug-likeness (QED) is 0.670. The zero-order valence-corrected chi connectivity index (χ0v) is 10.5. The Hall–Kier alpha value is -0.530. The van der Waals surface area contributed by atoms with E-state index in [0.29, 0.717) is 18.3 Å². The maximum Gasteiger partial charge on any atom is 0.305 e. The van der Waals surface area contributed by atoms with Crippen LogP contribution < -0.4 is 0 Å². The molecule has 0 radical (unpaired) electrons. The third-order valence-corrected chi connectivity index (χ3v) is 3.52. The van der Waals surface area contributed by atoms with Crippen LogP contribution in [0.5, 0.6) is 0 Å². The van der Waals surface area contributed by atoms with E-state index in [1.54, 1.807) is 0 Å². The number of ether oxygens (including phenoxy) is 1.